The van der Waals surface area contributed by atoms with Gasteiger partial charge in [0.1, 0.15) is 6.10 Å². The van der Waals surface area contributed by atoms with E-state index in [0.717, 1.165) is 50.5 Å². The Kier molecular flexibility index (Phi) is 15.5. The number of carbonyl (C=O) groups excluding carboxylic acids is 2. The number of nitrogens with two attached hydrogens (primary N) is 2. The van der Waals surface area contributed by atoms with E-state index in [4.69, 9.17) is 20.9 Å². The third-order valence-corrected chi connectivity index (χ3v) is 8.14. The first kappa shape index (κ1) is 35.2. The van der Waals surface area contributed by atoms with Crippen molar-refractivity contribution >= 4 is 17.8 Å². The Morgan fingerprint density at radius 3 is 2.48 bits per heavy atom. The number of benzene rings is 1. The highest BCUT2D eigenvalue weighted by molar-refractivity contribution is 5.79. The van der Waals surface area contributed by atoms with Gasteiger partial charge >= 0.3 is 5.97 Å². The lowest BCUT2D eigenvalue weighted by Crippen LogP contribution is -2.35. The number of ether oxygens (including phenoxy) is 2. The van der Waals surface area contributed by atoms with Gasteiger partial charge in [-0.2, -0.15) is 0 Å². The van der Waals surface area contributed by atoms with Crippen molar-refractivity contribution in [1.29, 1.82) is 0 Å². The van der Waals surface area contributed by atoms with Gasteiger partial charge < -0.3 is 36.1 Å². The van der Waals surface area contributed by atoms with E-state index >= 15 is 0 Å². The van der Waals surface area contributed by atoms with Crippen LogP contribution in [0.5, 0.6) is 11.5 Å². The maximum absolute atomic E-state index is 13.3. The SMILES string of the molecule is CCCCCC(O)CC(CCc1cc(CN2C(=O)CC(CCN=C(N)N)C2CCCCC)c(O)c(OC)c1)OC(C)=O. The molecule has 42 heavy (non-hydrogen) atoms. The smallest absolute Gasteiger partial charge is 0.302 e. The fraction of sp³-hybridized carbons (Fsp3) is 0.719. The number of unbranched alkanes of at least 4 members (excludes halogenated alkanes) is 4. The molecule has 1 amide bonds. The quantitative estimate of drug-likeness (QED) is 0.0744. The second kappa shape index (κ2) is 18.5. The van der Waals surface area contributed by atoms with Crippen molar-refractivity contribution in [1.82, 2.24) is 4.90 Å². The zero-order chi connectivity index (χ0) is 31.1. The normalized spacial score (nSPS) is 18.1. The number of methoxy groups -OCH3 is 1. The molecule has 1 fully saturated rings. The van der Waals surface area contributed by atoms with Crippen LogP contribution in [0.4, 0.5) is 0 Å². The topological polar surface area (TPSA) is 161 Å². The average Bonchev–Trinajstić information content (AvgIpc) is 3.22. The lowest BCUT2D eigenvalue weighted by Gasteiger charge is -2.29. The van der Waals surface area contributed by atoms with Gasteiger partial charge in [0.15, 0.2) is 17.5 Å². The first-order valence-corrected chi connectivity index (χ1v) is 15.7. The molecular weight excluding hydrogens is 536 g/mol. The Balaban J connectivity index is 2.22. The third kappa shape index (κ3) is 11.7. The number of hydrogen-bond acceptors (Lipinski definition) is 7. The van der Waals surface area contributed by atoms with E-state index in [0.29, 0.717) is 56.4 Å². The molecule has 1 aromatic rings. The Morgan fingerprint density at radius 1 is 1.12 bits per heavy atom. The van der Waals surface area contributed by atoms with Crippen LogP contribution in [0.3, 0.4) is 0 Å². The number of rotatable bonds is 20. The number of likely N-dealkylation sites (tertiary alicyclic amines) is 1. The van der Waals surface area contributed by atoms with Gasteiger partial charge in [0.25, 0.3) is 0 Å². The van der Waals surface area contributed by atoms with Crippen LogP contribution in [0.15, 0.2) is 17.1 Å². The van der Waals surface area contributed by atoms with E-state index < -0.39 is 12.2 Å². The van der Waals surface area contributed by atoms with E-state index in [9.17, 15) is 19.8 Å². The largest absolute Gasteiger partial charge is 0.504 e. The maximum atomic E-state index is 13.3. The van der Waals surface area contributed by atoms with Gasteiger partial charge in [0.2, 0.25) is 5.91 Å². The fourth-order valence-corrected chi connectivity index (χ4v) is 5.94. The number of hydrogen-bond donors (Lipinski definition) is 4. The Labute approximate surface area is 251 Å². The summed E-state index contributed by atoms with van der Waals surface area (Å²) in [4.78, 5) is 31.0. The van der Waals surface area contributed by atoms with Gasteiger partial charge in [-0.05, 0) is 49.7 Å². The van der Waals surface area contributed by atoms with E-state index in [1.807, 2.05) is 11.0 Å². The molecule has 1 aliphatic heterocycles. The van der Waals surface area contributed by atoms with Crippen molar-refractivity contribution in [3.63, 3.8) is 0 Å². The highest BCUT2D eigenvalue weighted by Gasteiger charge is 2.39. The lowest BCUT2D eigenvalue weighted by molar-refractivity contribution is -0.148. The molecule has 1 heterocycles. The molecule has 0 spiro atoms. The zero-order valence-corrected chi connectivity index (χ0v) is 26.1. The Hall–Kier alpha value is -3.01. The highest BCUT2D eigenvalue weighted by atomic mass is 16.5. The average molecular weight is 591 g/mol. The summed E-state index contributed by atoms with van der Waals surface area (Å²) in [7, 11) is 1.51. The zero-order valence-electron chi connectivity index (χ0n) is 26.1. The molecular formula is C32H54N4O6. The minimum Gasteiger partial charge on any atom is -0.504 e. The number of esters is 1. The number of aromatic hydroxyl groups is 1. The number of aliphatic hydroxyl groups is 1. The molecule has 1 aromatic carbocycles. The van der Waals surface area contributed by atoms with E-state index in [2.05, 4.69) is 18.8 Å². The van der Waals surface area contributed by atoms with Crippen LogP contribution in [-0.4, -0.2) is 64.9 Å². The molecule has 0 radical (unpaired) electrons. The van der Waals surface area contributed by atoms with Gasteiger partial charge in [-0.15, -0.1) is 0 Å². The van der Waals surface area contributed by atoms with Crippen molar-refractivity contribution in [2.24, 2.45) is 22.4 Å². The third-order valence-electron chi connectivity index (χ3n) is 8.14. The summed E-state index contributed by atoms with van der Waals surface area (Å²) in [5, 5.41) is 21.5. The first-order valence-electron chi connectivity index (χ1n) is 15.7. The number of phenols is 1. The van der Waals surface area contributed by atoms with Crippen LogP contribution >= 0.6 is 0 Å². The van der Waals surface area contributed by atoms with Crippen LogP contribution in [0, 0.1) is 5.92 Å². The van der Waals surface area contributed by atoms with Crippen LogP contribution < -0.4 is 16.2 Å². The summed E-state index contributed by atoms with van der Waals surface area (Å²) in [6.45, 7) is 6.40. The Bertz CT molecular complexity index is 1010. The maximum Gasteiger partial charge on any atom is 0.302 e. The van der Waals surface area contributed by atoms with Gasteiger partial charge in [-0.25, -0.2) is 0 Å². The van der Waals surface area contributed by atoms with Crippen LogP contribution in [0.1, 0.15) is 109 Å². The molecule has 238 valence electrons. The minimum absolute atomic E-state index is 0.0215. The molecule has 0 aromatic heterocycles. The van der Waals surface area contributed by atoms with E-state index in [1.54, 1.807) is 6.07 Å². The summed E-state index contributed by atoms with van der Waals surface area (Å²) < 4.78 is 11.0. The molecule has 0 aliphatic carbocycles. The predicted octanol–water partition coefficient (Wildman–Crippen LogP) is 4.56. The van der Waals surface area contributed by atoms with Crippen LogP contribution in [0.25, 0.3) is 0 Å². The molecule has 2 rings (SSSR count). The van der Waals surface area contributed by atoms with Gasteiger partial charge in [0, 0.05) is 44.5 Å². The predicted molar refractivity (Wildman–Crippen MR) is 165 cm³/mol. The molecule has 0 saturated carbocycles. The van der Waals surface area contributed by atoms with Crippen molar-refractivity contribution < 1.29 is 29.3 Å². The molecule has 10 heteroatoms. The van der Waals surface area contributed by atoms with Crippen LogP contribution in [0.2, 0.25) is 0 Å². The first-order chi connectivity index (χ1) is 20.1. The van der Waals surface area contributed by atoms with Crippen molar-refractivity contribution in [2.75, 3.05) is 13.7 Å². The standard InChI is InChI=1S/C32H54N4O6/c1-5-7-9-11-26(38)20-27(42-22(3)37)14-13-23-17-25(31(40)29(18-23)41-4)21-36-28(12-10-8-6-2)24(19-30(36)39)15-16-35-32(33)34/h17-18,24,26-28,38,40H,5-16,19-21H2,1-4H3,(H4,33,34,35). The molecule has 10 nitrogen and oxygen atoms in total. The van der Waals surface area contributed by atoms with E-state index in [-0.39, 0.29) is 42.1 Å². The summed E-state index contributed by atoms with van der Waals surface area (Å²) in [5.41, 5.74) is 12.5. The van der Waals surface area contributed by atoms with Crippen molar-refractivity contribution in [2.45, 2.75) is 129 Å². The number of aliphatic hydroxyl groups excluding tert-OH is 1. The molecule has 4 unspecified atom stereocenters. The summed E-state index contributed by atoms with van der Waals surface area (Å²) in [6, 6.07) is 3.72. The number of amides is 1. The second-order valence-corrected chi connectivity index (χ2v) is 11.6. The van der Waals surface area contributed by atoms with Crippen LogP contribution in [-0.2, 0) is 27.3 Å². The minimum atomic E-state index is -0.531. The fourth-order valence-electron chi connectivity index (χ4n) is 5.94. The molecule has 6 N–H and O–H groups in total. The van der Waals surface area contributed by atoms with Crippen molar-refractivity contribution in [3.8, 4) is 11.5 Å². The van der Waals surface area contributed by atoms with Crippen molar-refractivity contribution in [3.05, 3.63) is 23.3 Å². The van der Waals surface area contributed by atoms with Gasteiger partial charge in [0.05, 0.1) is 13.2 Å². The molecule has 1 aliphatic rings. The lowest BCUT2D eigenvalue weighted by atomic mass is 9.92. The molecule has 4 atom stereocenters. The number of aliphatic imine (C=N–C) groups is 1. The van der Waals surface area contributed by atoms with Gasteiger partial charge in [-0.1, -0.05) is 58.4 Å². The highest BCUT2D eigenvalue weighted by Crippen LogP contribution is 2.38. The molecule has 0 bridgehead atoms. The second-order valence-electron chi connectivity index (χ2n) is 11.6. The summed E-state index contributed by atoms with van der Waals surface area (Å²) in [5.74, 6) is 0.230. The summed E-state index contributed by atoms with van der Waals surface area (Å²) in [6.07, 6.45) is 9.47. The number of carbonyl (C=O) groups is 2. The van der Waals surface area contributed by atoms with E-state index in [1.165, 1.54) is 14.0 Å². The number of nitrogens with zero attached hydrogens (tertiary/aromatic N) is 2. The number of aryl methyl sites for hydroxylation is 1. The molecule has 1 saturated heterocycles. The number of guanidine groups is 1. The van der Waals surface area contributed by atoms with Gasteiger partial charge in [-0.3, -0.25) is 14.6 Å². The number of phenolic OH excluding ortho intramolecular Hbond substituents is 1. The summed E-state index contributed by atoms with van der Waals surface area (Å²) >= 11 is 0. The monoisotopic (exact) mass is 590 g/mol. The Morgan fingerprint density at radius 2 is 1.83 bits per heavy atom.